The van der Waals surface area contributed by atoms with Crippen molar-refractivity contribution >= 4 is 22.4 Å². The van der Waals surface area contributed by atoms with Crippen LogP contribution >= 0.6 is 0 Å². The van der Waals surface area contributed by atoms with Gasteiger partial charge in [0.2, 0.25) is 0 Å². The van der Waals surface area contributed by atoms with E-state index < -0.39 is 0 Å². The smallest absolute Gasteiger partial charge is 0.150 e. The Morgan fingerprint density at radius 2 is 1.86 bits per heavy atom. The standard InChI is InChI=1S/C29H36N6O/c1-20(2)30-10-11-34(25-14-21(3)13-22(4)15-25)24-8-9-26-27(16-24)33-28(18-31-26)23-17-32-35(19-23)29-7-5-6-12-36-29/h8-9,13-20,29-30H,5-7,10-12H2,1-4H3. The van der Waals surface area contributed by atoms with Crippen LogP contribution in [0.3, 0.4) is 0 Å². The Hall–Kier alpha value is -3.29. The number of fused-ring (bicyclic) bond motifs is 1. The van der Waals surface area contributed by atoms with E-state index in [9.17, 15) is 0 Å². The molecule has 0 bridgehead atoms. The first-order chi connectivity index (χ1) is 17.5. The molecule has 188 valence electrons. The lowest BCUT2D eigenvalue weighted by Gasteiger charge is -2.27. The first-order valence-electron chi connectivity index (χ1n) is 13.0. The van der Waals surface area contributed by atoms with Gasteiger partial charge in [0.05, 0.1) is 29.1 Å². The van der Waals surface area contributed by atoms with Crippen LogP contribution in [0.2, 0.25) is 0 Å². The van der Waals surface area contributed by atoms with E-state index in [2.05, 4.69) is 79.4 Å². The monoisotopic (exact) mass is 484 g/mol. The summed E-state index contributed by atoms with van der Waals surface area (Å²) in [5, 5.41) is 8.11. The van der Waals surface area contributed by atoms with Crippen molar-refractivity contribution in [2.24, 2.45) is 0 Å². The lowest BCUT2D eigenvalue weighted by molar-refractivity contribution is -0.0394. The third-order valence-electron chi connectivity index (χ3n) is 6.59. The summed E-state index contributed by atoms with van der Waals surface area (Å²) in [5.41, 5.74) is 8.34. The van der Waals surface area contributed by atoms with Crippen LogP contribution in [0.5, 0.6) is 0 Å². The molecule has 36 heavy (non-hydrogen) atoms. The van der Waals surface area contributed by atoms with Crippen molar-refractivity contribution in [1.29, 1.82) is 0 Å². The molecule has 3 heterocycles. The number of hydrogen-bond acceptors (Lipinski definition) is 6. The molecule has 0 spiro atoms. The highest BCUT2D eigenvalue weighted by atomic mass is 16.5. The van der Waals surface area contributed by atoms with Gasteiger partial charge in [-0.2, -0.15) is 5.10 Å². The fourth-order valence-corrected chi connectivity index (χ4v) is 4.85. The molecule has 1 atom stereocenters. The summed E-state index contributed by atoms with van der Waals surface area (Å²) in [6, 6.07) is 13.5. The number of nitrogens with one attached hydrogen (secondary N) is 1. The van der Waals surface area contributed by atoms with Crippen molar-refractivity contribution in [3.63, 3.8) is 0 Å². The SMILES string of the molecule is Cc1cc(C)cc(N(CCNC(C)C)c2ccc3ncc(-c4cnn(C5CCCCO5)c4)nc3c2)c1. The maximum absolute atomic E-state index is 5.88. The Kier molecular flexibility index (Phi) is 7.30. The van der Waals surface area contributed by atoms with Crippen LogP contribution in [-0.2, 0) is 4.74 Å². The summed E-state index contributed by atoms with van der Waals surface area (Å²) < 4.78 is 7.80. The summed E-state index contributed by atoms with van der Waals surface area (Å²) in [7, 11) is 0. The van der Waals surface area contributed by atoms with E-state index in [1.165, 1.54) is 23.2 Å². The molecule has 1 aliphatic rings. The van der Waals surface area contributed by atoms with Crippen LogP contribution in [0.1, 0.15) is 50.5 Å². The van der Waals surface area contributed by atoms with Gasteiger partial charge in [0.1, 0.15) is 6.23 Å². The second-order valence-electron chi connectivity index (χ2n) is 10.1. The highest BCUT2D eigenvalue weighted by Crippen LogP contribution is 2.30. The van der Waals surface area contributed by atoms with Gasteiger partial charge >= 0.3 is 0 Å². The average Bonchev–Trinajstić information content (AvgIpc) is 3.36. The average molecular weight is 485 g/mol. The van der Waals surface area contributed by atoms with Gasteiger partial charge in [-0.15, -0.1) is 0 Å². The minimum Gasteiger partial charge on any atom is -0.357 e. The van der Waals surface area contributed by atoms with Gasteiger partial charge in [-0.3, -0.25) is 4.98 Å². The van der Waals surface area contributed by atoms with Crippen LogP contribution in [0.25, 0.3) is 22.3 Å². The first kappa shape index (κ1) is 24.4. The van der Waals surface area contributed by atoms with Crippen LogP contribution in [0, 0.1) is 13.8 Å². The van der Waals surface area contributed by atoms with E-state index in [4.69, 9.17) is 14.7 Å². The molecule has 0 amide bonds. The van der Waals surface area contributed by atoms with Crippen LogP contribution in [0.15, 0.2) is 55.0 Å². The molecule has 4 aromatic rings. The highest BCUT2D eigenvalue weighted by Gasteiger charge is 2.18. The van der Waals surface area contributed by atoms with Crippen molar-refractivity contribution in [2.75, 3.05) is 24.6 Å². The maximum atomic E-state index is 5.88. The van der Waals surface area contributed by atoms with Gasteiger partial charge < -0.3 is 15.0 Å². The summed E-state index contributed by atoms with van der Waals surface area (Å²) in [4.78, 5) is 12.1. The van der Waals surface area contributed by atoms with E-state index in [1.54, 1.807) is 0 Å². The van der Waals surface area contributed by atoms with Gasteiger partial charge in [0.15, 0.2) is 0 Å². The van der Waals surface area contributed by atoms with Crippen molar-refractivity contribution in [1.82, 2.24) is 25.1 Å². The Bertz CT molecular complexity index is 1300. The number of rotatable bonds is 8. The quantitative estimate of drug-likeness (QED) is 0.334. The molecule has 7 nitrogen and oxygen atoms in total. The third-order valence-corrected chi connectivity index (χ3v) is 6.59. The Labute approximate surface area is 213 Å². The summed E-state index contributed by atoms with van der Waals surface area (Å²) in [5.74, 6) is 0. The molecule has 1 fully saturated rings. The molecule has 2 aromatic heterocycles. The lowest BCUT2D eigenvalue weighted by atomic mass is 10.1. The van der Waals surface area contributed by atoms with Crippen molar-refractivity contribution in [3.05, 3.63) is 66.1 Å². The molecule has 1 saturated heterocycles. The molecule has 2 aromatic carbocycles. The Morgan fingerprint density at radius 1 is 1.03 bits per heavy atom. The van der Waals surface area contributed by atoms with E-state index in [1.807, 2.05) is 23.3 Å². The fourth-order valence-electron chi connectivity index (χ4n) is 4.85. The molecule has 1 aliphatic heterocycles. The number of nitrogens with zero attached hydrogens (tertiary/aromatic N) is 5. The van der Waals surface area contributed by atoms with Gasteiger partial charge in [-0.1, -0.05) is 19.9 Å². The Morgan fingerprint density at radius 3 is 2.61 bits per heavy atom. The molecular formula is C29H36N6O. The van der Waals surface area contributed by atoms with Gasteiger partial charge in [0.25, 0.3) is 0 Å². The molecule has 5 rings (SSSR count). The van der Waals surface area contributed by atoms with E-state index >= 15 is 0 Å². The normalized spacial score (nSPS) is 16.1. The van der Waals surface area contributed by atoms with E-state index in [0.717, 1.165) is 60.5 Å². The van der Waals surface area contributed by atoms with Crippen molar-refractivity contribution in [2.45, 2.75) is 59.2 Å². The number of aryl methyl sites for hydroxylation is 2. The second-order valence-corrected chi connectivity index (χ2v) is 10.1. The fraction of sp³-hybridized carbons (Fsp3) is 0.414. The first-order valence-corrected chi connectivity index (χ1v) is 13.0. The minimum absolute atomic E-state index is 0.0123. The molecular weight excluding hydrogens is 448 g/mol. The summed E-state index contributed by atoms with van der Waals surface area (Å²) in [6.07, 6.45) is 9.01. The van der Waals surface area contributed by atoms with Gasteiger partial charge in [-0.05, 0) is 74.6 Å². The molecule has 1 N–H and O–H groups in total. The van der Waals surface area contributed by atoms with Crippen molar-refractivity contribution < 1.29 is 4.74 Å². The van der Waals surface area contributed by atoms with E-state index in [0.29, 0.717) is 6.04 Å². The zero-order valence-electron chi connectivity index (χ0n) is 21.7. The molecule has 0 aliphatic carbocycles. The van der Waals surface area contributed by atoms with Crippen LogP contribution < -0.4 is 10.2 Å². The minimum atomic E-state index is 0.0123. The van der Waals surface area contributed by atoms with Gasteiger partial charge in [-0.25, -0.2) is 9.67 Å². The van der Waals surface area contributed by atoms with Crippen LogP contribution in [0.4, 0.5) is 11.4 Å². The second kappa shape index (κ2) is 10.8. The van der Waals surface area contributed by atoms with Crippen LogP contribution in [-0.4, -0.2) is 45.5 Å². The topological polar surface area (TPSA) is 68.1 Å². The zero-order chi connectivity index (χ0) is 25.1. The largest absolute Gasteiger partial charge is 0.357 e. The van der Waals surface area contributed by atoms with Gasteiger partial charge in [0, 0.05) is 48.9 Å². The number of hydrogen-bond donors (Lipinski definition) is 1. The van der Waals surface area contributed by atoms with E-state index in [-0.39, 0.29) is 6.23 Å². The highest BCUT2D eigenvalue weighted by molar-refractivity contribution is 5.82. The summed E-state index contributed by atoms with van der Waals surface area (Å²) in [6.45, 7) is 11.2. The molecule has 0 saturated carbocycles. The molecule has 1 unspecified atom stereocenters. The Balaban J connectivity index is 1.47. The summed E-state index contributed by atoms with van der Waals surface area (Å²) >= 11 is 0. The number of ether oxygens (including phenoxy) is 1. The predicted molar refractivity (Wildman–Crippen MR) is 146 cm³/mol. The van der Waals surface area contributed by atoms with Crippen molar-refractivity contribution in [3.8, 4) is 11.3 Å². The molecule has 0 radical (unpaired) electrons. The number of anilines is 2. The zero-order valence-corrected chi connectivity index (χ0v) is 21.7. The molecule has 7 heteroatoms. The predicted octanol–water partition coefficient (Wildman–Crippen LogP) is 5.95. The lowest BCUT2D eigenvalue weighted by Crippen LogP contribution is -2.32. The number of benzene rings is 2. The third kappa shape index (κ3) is 5.58. The number of aromatic nitrogens is 4. The maximum Gasteiger partial charge on any atom is 0.150 e.